The molecule has 0 heterocycles. The Hall–Kier alpha value is -1.92. The number of carbonyl (C=O) groups excluding carboxylic acids is 4. The molecule has 48 heavy (non-hydrogen) atoms. The Bertz CT molecular complexity index is 707. The Morgan fingerprint density at radius 2 is 0.792 bits per heavy atom. The van der Waals surface area contributed by atoms with E-state index in [9.17, 15) is 19.2 Å². The van der Waals surface area contributed by atoms with E-state index < -0.39 is 12.1 Å². The van der Waals surface area contributed by atoms with Crippen molar-refractivity contribution in [3.8, 4) is 0 Å². The van der Waals surface area contributed by atoms with Crippen molar-refractivity contribution >= 4 is 24.2 Å². The molecule has 0 aromatic rings. The van der Waals surface area contributed by atoms with Crippen LogP contribution in [0, 0.1) is 5.92 Å². The molecular formula is C41H76O7. The summed E-state index contributed by atoms with van der Waals surface area (Å²) in [5, 5.41) is 0. The second-order valence-electron chi connectivity index (χ2n) is 14.2. The highest BCUT2D eigenvalue weighted by atomic mass is 16.6. The van der Waals surface area contributed by atoms with Crippen LogP contribution in [0.15, 0.2) is 0 Å². The van der Waals surface area contributed by atoms with Gasteiger partial charge in [0.05, 0.1) is 0 Å². The van der Waals surface area contributed by atoms with Crippen LogP contribution in [0.4, 0.5) is 0 Å². The van der Waals surface area contributed by atoms with Crippen molar-refractivity contribution in [1.82, 2.24) is 0 Å². The van der Waals surface area contributed by atoms with Crippen LogP contribution in [0.5, 0.6) is 0 Å². The summed E-state index contributed by atoms with van der Waals surface area (Å²) in [6, 6.07) is 0. The van der Waals surface area contributed by atoms with E-state index in [2.05, 4.69) is 13.8 Å². The van der Waals surface area contributed by atoms with E-state index in [1.165, 1.54) is 128 Å². The van der Waals surface area contributed by atoms with E-state index in [0.29, 0.717) is 12.8 Å². The number of hydrogen-bond donors (Lipinski definition) is 0. The summed E-state index contributed by atoms with van der Waals surface area (Å²) in [5.74, 6) is -1.29. The van der Waals surface area contributed by atoms with E-state index in [4.69, 9.17) is 14.2 Å². The molecule has 0 spiro atoms. The zero-order valence-electron chi connectivity index (χ0n) is 31.7. The fraction of sp³-hybridized carbons (Fsp3) is 0.902. The van der Waals surface area contributed by atoms with Gasteiger partial charge in [0, 0.05) is 25.7 Å². The van der Waals surface area contributed by atoms with Gasteiger partial charge in [-0.1, -0.05) is 175 Å². The summed E-state index contributed by atoms with van der Waals surface area (Å²) >= 11 is 0. The molecule has 0 bridgehead atoms. The molecule has 0 rings (SSSR count). The summed E-state index contributed by atoms with van der Waals surface area (Å²) in [6.07, 6.45) is 33.1. The predicted molar refractivity (Wildman–Crippen MR) is 197 cm³/mol. The van der Waals surface area contributed by atoms with Crippen LogP contribution in [0.3, 0.4) is 0 Å². The minimum absolute atomic E-state index is 0.0784. The van der Waals surface area contributed by atoms with Gasteiger partial charge in [-0.05, 0) is 18.8 Å². The monoisotopic (exact) mass is 681 g/mol. The Morgan fingerprint density at radius 3 is 1.10 bits per heavy atom. The van der Waals surface area contributed by atoms with E-state index in [1.54, 1.807) is 6.92 Å². The average molecular weight is 681 g/mol. The molecule has 0 aliphatic rings. The molecule has 0 aliphatic heterocycles. The molecule has 7 nitrogen and oxygen atoms in total. The van der Waals surface area contributed by atoms with Crippen LogP contribution in [0.2, 0.25) is 0 Å². The fourth-order valence-electron chi connectivity index (χ4n) is 5.97. The highest BCUT2D eigenvalue weighted by Crippen LogP contribution is 2.15. The molecular weight excluding hydrogens is 604 g/mol. The van der Waals surface area contributed by atoms with Gasteiger partial charge in [0.1, 0.15) is 19.5 Å². The minimum Gasteiger partial charge on any atom is -0.462 e. The third-order valence-corrected chi connectivity index (χ3v) is 9.14. The molecule has 282 valence electrons. The predicted octanol–water partition coefficient (Wildman–Crippen LogP) is 11.6. The highest BCUT2D eigenvalue weighted by Gasteiger charge is 2.21. The number of ether oxygens (including phenoxy) is 3. The first-order valence-corrected chi connectivity index (χ1v) is 20.4. The van der Waals surface area contributed by atoms with Gasteiger partial charge in [-0.2, -0.15) is 0 Å². The maximum Gasteiger partial charge on any atom is 0.306 e. The van der Waals surface area contributed by atoms with Gasteiger partial charge < -0.3 is 19.0 Å². The minimum atomic E-state index is -0.855. The first-order valence-electron chi connectivity index (χ1n) is 20.4. The third kappa shape index (κ3) is 34.0. The topological polar surface area (TPSA) is 96.0 Å². The summed E-state index contributed by atoms with van der Waals surface area (Å²) < 4.78 is 16.3. The molecule has 7 heteroatoms. The summed E-state index contributed by atoms with van der Waals surface area (Å²) in [4.78, 5) is 48.0. The zero-order chi connectivity index (χ0) is 35.3. The Kier molecular flexibility index (Phi) is 34.9. The van der Waals surface area contributed by atoms with E-state index in [0.717, 1.165) is 44.8 Å². The summed E-state index contributed by atoms with van der Waals surface area (Å²) in [6.45, 7) is 6.02. The molecule has 0 aliphatic carbocycles. The second kappa shape index (κ2) is 36.4. The van der Waals surface area contributed by atoms with Gasteiger partial charge >= 0.3 is 17.9 Å². The fourth-order valence-corrected chi connectivity index (χ4v) is 5.97. The van der Waals surface area contributed by atoms with E-state index >= 15 is 0 Å². The van der Waals surface area contributed by atoms with Crippen molar-refractivity contribution in [2.24, 2.45) is 5.92 Å². The van der Waals surface area contributed by atoms with Crippen molar-refractivity contribution in [3.63, 3.8) is 0 Å². The Balaban J connectivity index is 4.16. The van der Waals surface area contributed by atoms with E-state index in [-0.39, 0.29) is 43.9 Å². The maximum absolute atomic E-state index is 12.4. The highest BCUT2D eigenvalue weighted by molar-refractivity contribution is 5.71. The molecule has 0 aromatic carbocycles. The van der Waals surface area contributed by atoms with Gasteiger partial charge in [0.15, 0.2) is 6.10 Å². The van der Waals surface area contributed by atoms with Gasteiger partial charge in [0.2, 0.25) is 0 Å². The largest absolute Gasteiger partial charge is 0.462 e. The second-order valence-corrected chi connectivity index (χ2v) is 14.2. The lowest BCUT2D eigenvalue weighted by Gasteiger charge is -2.19. The molecule has 0 saturated carbocycles. The molecule has 1 unspecified atom stereocenters. The first kappa shape index (κ1) is 46.1. The van der Waals surface area contributed by atoms with Crippen LogP contribution in [0.25, 0.3) is 0 Å². The van der Waals surface area contributed by atoms with Crippen LogP contribution < -0.4 is 0 Å². The number of rotatable bonds is 37. The lowest BCUT2D eigenvalue weighted by atomic mass is 10.0. The van der Waals surface area contributed by atoms with Gasteiger partial charge in [-0.25, -0.2) is 0 Å². The molecule has 0 amide bonds. The van der Waals surface area contributed by atoms with Crippen molar-refractivity contribution in [3.05, 3.63) is 0 Å². The Labute approximate surface area is 295 Å². The van der Waals surface area contributed by atoms with Crippen molar-refractivity contribution in [1.29, 1.82) is 0 Å². The van der Waals surface area contributed by atoms with Gasteiger partial charge in [0.25, 0.3) is 0 Å². The molecule has 0 radical (unpaired) electrons. The van der Waals surface area contributed by atoms with Crippen LogP contribution in [-0.4, -0.2) is 43.5 Å². The zero-order valence-corrected chi connectivity index (χ0v) is 31.7. The van der Waals surface area contributed by atoms with Gasteiger partial charge in [-0.15, -0.1) is 0 Å². The quantitative estimate of drug-likeness (QED) is 0.0279. The number of unbranched alkanes of at least 4 members (excludes halogenated alkanes) is 24. The molecule has 0 aromatic heterocycles. The third-order valence-electron chi connectivity index (χ3n) is 9.14. The van der Waals surface area contributed by atoms with Gasteiger partial charge in [-0.3, -0.25) is 14.4 Å². The summed E-state index contributed by atoms with van der Waals surface area (Å²) in [7, 11) is 0. The molecule has 0 saturated heterocycles. The maximum atomic E-state index is 12.4. The van der Waals surface area contributed by atoms with Crippen LogP contribution in [0.1, 0.15) is 213 Å². The van der Waals surface area contributed by atoms with Crippen molar-refractivity contribution < 1.29 is 33.4 Å². The number of aldehydes is 1. The number of hydrogen-bond acceptors (Lipinski definition) is 7. The van der Waals surface area contributed by atoms with Crippen LogP contribution in [-0.2, 0) is 33.4 Å². The normalized spacial score (nSPS) is 11.8. The lowest BCUT2D eigenvalue weighted by Crippen LogP contribution is -2.31. The summed E-state index contributed by atoms with van der Waals surface area (Å²) in [5.41, 5.74) is 0. The number of esters is 3. The van der Waals surface area contributed by atoms with E-state index in [1.807, 2.05) is 0 Å². The van der Waals surface area contributed by atoms with Crippen molar-refractivity contribution in [2.75, 3.05) is 13.2 Å². The SMILES string of the molecule is CCCCCCCCCCCCCCCC(=O)OCC(COC(=O)CCCCCCCCCCCCCCC)OC(=O)CC(C)CC=O. The molecule has 1 atom stereocenters. The number of carbonyl (C=O) groups is 4. The van der Waals surface area contributed by atoms with Crippen LogP contribution >= 0.6 is 0 Å². The first-order chi connectivity index (χ1) is 23.4. The molecule has 0 N–H and O–H groups in total. The molecule has 0 fully saturated rings. The average Bonchev–Trinajstić information content (AvgIpc) is 3.06. The lowest BCUT2D eigenvalue weighted by molar-refractivity contribution is -0.167. The Morgan fingerprint density at radius 1 is 0.479 bits per heavy atom. The smallest absolute Gasteiger partial charge is 0.306 e. The standard InChI is InChI=1S/C41H76O7/c1-4-6-8-10-12-14-16-18-20-22-24-26-28-30-39(43)46-35-38(48-41(45)34-37(3)32-33-42)36-47-40(44)31-29-27-25-23-21-19-17-15-13-11-9-7-5-2/h33,37-38H,4-32,34-36H2,1-3H3. The van der Waals surface area contributed by atoms with Crippen molar-refractivity contribution in [2.45, 2.75) is 219 Å².